The van der Waals surface area contributed by atoms with Crippen molar-refractivity contribution in [3.05, 3.63) is 60.7 Å². The van der Waals surface area contributed by atoms with Crippen LogP contribution < -0.4 is 0 Å². The Balaban J connectivity index is 2.13. The first-order valence-electron chi connectivity index (χ1n) is 7.40. The molecule has 3 aromatic rings. The van der Waals surface area contributed by atoms with Crippen LogP contribution in [0.25, 0.3) is 0 Å². The molecule has 0 aliphatic heterocycles. The van der Waals surface area contributed by atoms with Crippen LogP contribution in [-0.4, -0.2) is 41.4 Å². The molecule has 26 heavy (non-hydrogen) atoms. The highest BCUT2D eigenvalue weighted by Gasteiger charge is 2.41. The highest BCUT2D eigenvalue weighted by molar-refractivity contribution is 6.26. The quantitative estimate of drug-likeness (QED) is 0.455. The van der Waals surface area contributed by atoms with Gasteiger partial charge in [-0.25, -0.2) is 28.1 Å². The lowest BCUT2D eigenvalue weighted by Gasteiger charge is -2.33. The molecule has 0 unspecified atom stereocenters. The second-order valence-electron chi connectivity index (χ2n) is 5.41. The molecular weight excluding hydrogens is 370 g/mol. The number of carbonyl (C=O) groups excluding carboxylic acids is 1. The average Bonchev–Trinajstić information content (AvgIpc) is 3.28. The fraction of sp³-hybridized carbons (Fsp3) is 0.267. The second-order valence-corrected chi connectivity index (χ2v) is 5.68. The Labute approximate surface area is 151 Å². The summed E-state index contributed by atoms with van der Waals surface area (Å²) >= 11 is 5.58. The molecule has 2 aromatic heterocycles. The molecule has 0 fully saturated rings. The number of rotatable bonds is 7. The third kappa shape index (κ3) is 3.85. The Hall–Kier alpha value is -2.88. The molecule has 0 N–H and O–H groups in total. The van der Waals surface area contributed by atoms with Gasteiger partial charge >= 0.3 is 5.97 Å². The molecule has 0 atom stereocenters. The van der Waals surface area contributed by atoms with E-state index in [0.29, 0.717) is 6.07 Å². The third-order valence-electron chi connectivity index (χ3n) is 3.61. The van der Waals surface area contributed by atoms with Gasteiger partial charge in [-0.1, -0.05) is 0 Å². The topological polar surface area (TPSA) is 87.7 Å². The Morgan fingerprint density at radius 1 is 1.12 bits per heavy atom. The molecule has 1 aromatic carbocycles. The number of ether oxygens (including phenoxy) is 1. The lowest BCUT2D eigenvalue weighted by Crippen LogP contribution is -2.42. The van der Waals surface area contributed by atoms with Gasteiger partial charge in [-0.15, -0.1) is 11.6 Å². The van der Waals surface area contributed by atoms with Crippen LogP contribution in [0.15, 0.2) is 43.5 Å². The number of nitrogens with zero attached hydrogens (tertiary/aromatic N) is 6. The summed E-state index contributed by atoms with van der Waals surface area (Å²) in [5, 5.41) is 7.95. The molecule has 8 nitrogen and oxygen atoms in total. The van der Waals surface area contributed by atoms with Crippen molar-refractivity contribution in [1.82, 2.24) is 29.5 Å². The largest absolute Gasteiger partial charge is 0.449 e. The van der Waals surface area contributed by atoms with Crippen LogP contribution in [0.1, 0.15) is 5.56 Å². The van der Waals surface area contributed by atoms with Crippen LogP contribution in [0, 0.1) is 11.6 Å². The molecule has 0 saturated carbocycles. The standard InChI is InChI=1S/C15H13ClF2N6O2/c16-4-14(25)26-15(5-23-9-19-7-21-23,6-24-10-20-8-22-24)12-2-1-11(17)3-13(12)18/h1-3,7-10H,4-6H2. The minimum atomic E-state index is -1.61. The van der Waals surface area contributed by atoms with Gasteiger partial charge in [0.05, 0.1) is 13.1 Å². The van der Waals surface area contributed by atoms with Crippen molar-refractivity contribution in [1.29, 1.82) is 0 Å². The number of benzene rings is 1. The number of esters is 1. The molecule has 0 spiro atoms. The summed E-state index contributed by atoms with van der Waals surface area (Å²) in [7, 11) is 0. The summed E-state index contributed by atoms with van der Waals surface area (Å²) < 4.78 is 36.3. The fourth-order valence-corrected chi connectivity index (χ4v) is 2.65. The number of hydrogen-bond donors (Lipinski definition) is 0. The van der Waals surface area contributed by atoms with Gasteiger partial charge < -0.3 is 4.74 Å². The van der Waals surface area contributed by atoms with Crippen molar-refractivity contribution in [3.8, 4) is 0 Å². The minimum Gasteiger partial charge on any atom is -0.449 e. The summed E-state index contributed by atoms with van der Waals surface area (Å²) in [4.78, 5) is 19.7. The van der Waals surface area contributed by atoms with Gasteiger partial charge in [0.2, 0.25) is 0 Å². The number of alkyl halides is 1. The molecule has 2 heterocycles. The fourth-order valence-electron chi connectivity index (χ4n) is 2.60. The van der Waals surface area contributed by atoms with Gasteiger partial charge in [-0.3, -0.25) is 4.79 Å². The van der Waals surface area contributed by atoms with Gasteiger partial charge in [-0.05, 0) is 12.1 Å². The first-order chi connectivity index (χ1) is 12.5. The van der Waals surface area contributed by atoms with E-state index in [4.69, 9.17) is 16.3 Å². The Bertz CT molecular complexity index is 836. The normalized spacial score (nSPS) is 11.5. The zero-order chi connectivity index (χ0) is 18.6. The molecule has 0 amide bonds. The van der Waals surface area contributed by atoms with Crippen LogP contribution in [-0.2, 0) is 28.2 Å². The second kappa shape index (κ2) is 7.56. The van der Waals surface area contributed by atoms with Crippen molar-refractivity contribution in [3.63, 3.8) is 0 Å². The first kappa shape index (κ1) is 17.9. The summed E-state index contributed by atoms with van der Waals surface area (Å²) in [6.07, 6.45) is 5.33. The molecule has 0 bridgehead atoms. The highest BCUT2D eigenvalue weighted by atomic mass is 35.5. The predicted molar refractivity (Wildman–Crippen MR) is 84.9 cm³/mol. The van der Waals surface area contributed by atoms with Gasteiger partial charge in [0.15, 0.2) is 5.60 Å². The van der Waals surface area contributed by atoms with E-state index < -0.39 is 29.1 Å². The van der Waals surface area contributed by atoms with Crippen LogP contribution >= 0.6 is 11.6 Å². The molecule has 136 valence electrons. The van der Waals surface area contributed by atoms with E-state index in [1.54, 1.807) is 0 Å². The molecule has 0 aliphatic carbocycles. The predicted octanol–water partition coefficient (Wildman–Crippen LogP) is 1.53. The maximum atomic E-state index is 14.6. The third-order valence-corrected chi connectivity index (χ3v) is 3.83. The summed E-state index contributed by atoms with van der Waals surface area (Å²) in [6, 6.07) is 2.99. The van der Waals surface area contributed by atoms with Crippen molar-refractivity contribution < 1.29 is 18.3 Å². The van der Waals surface area contributed by atoms with Gasteiger partial charge in [0, 0.05) is 11.6 Å². The van der Waals surface area contributed by atoms with E-state index in [1.807, 2.05) is 0 Å². The van der Waals surface area contributed by atoms with E-state index in [0.717, 1.165) is 6.07 Å². The van der Waals surface area contributed by atoms with E-state index in [1.165, 1.54) is 40.7 Å². The number of aromatic nitrogens is 6. The van der Waals surface area contributed by atoms with Crippen LogP contribution in [0.4, 0.5) is 8.78 Å². The summed E-state index contributed by atoms with van der Waals surface area (Å²) in [5.41, 5.74) is -1.66. The highest BCUT2D eigenvalue weighted by Crippen LogP contribution is 2.32. The summed E-state index contributed by atoms with van der Waals surface area (Å²) in [5.74, 6) is -2.87. The Kier molecular flexibility index (Phi) is 5.21. The lowest BCUT2D eigenvalue weighted by atomic mass is 9.92. The van der Waals surface area contributed by atoms with Crippen molar-refractivity contribution in [2.24, 2.45) is 0 Å². The Morgan fingerprint density at radius 2 is 1.73 bits per heavy atom. The van der Waals surface area contributed by atoms with Crippen molar-refractivity contribution in [2.45, 2.75) is 18.7 Å². The molecular formula is C15H13ClF2N6O2. The van der Waals surface area contributed by atoms with Gasteiger partial charge in [0.25, 0.3) is 0 Å². The van der Waals surface area contributed by atoms with Crippen LogP contribution in [0.5, 0.6) is 0 Å². The molecule has 0 saturated heterocycles. The van der Waals surface area contributed by atoms with E-state index in [-0.39, 0.29) is 18.7 Å². The van der Waals surface area contributed by atoms with E-state index in [2.05, 4.69) is 20.2 Å². The molecule has 0 aliphatic rings. The van der Waals surface area contributed by atoms with Gasteiger partial charge in [0.1, 0.15) is 42.8 Å². The molecule has 11 heteroatoms. The van der Waals surface area contributed by atoms with Crippen molar-refractivity contribution in [2.75, 3.05) is 5.88 Å². The maximum absolute atomic E-state index is 14.6. The zero-order valence-electron chi connectivity index (χ0n) is 13.3. The monoisotopic (exact) mass is 382 g/mol. The first-order valence-corrected chi connectivity index (χ1v) is 7.94. The number of hydrogen-bond acceptors (Lipinski definition) is 6. The molecule has 0 radical (unpaired) electrons. The maximum Gasteiger partial charge on any atom is 0.321 e. The van der Waals surface area contributed by atoms with Crippen LogP contribution in [0.3, 0.4) is 0 Å². The average molecular weight is 383 g/mol. The Morgan fingerprint density at radius 3 is 2.19 bits per heavy atom. The van der Waals surface area contributed by atoms with Crippen LogP contribution in [0.2, 0.25) is 0 Å². The van der Waals surface area contributed by atoms with Crippen molar-refractivity contribution >= 4 is 17.6 Å². The minimum absolute atomic E-state index is 0.0524. The molecule has 3 rings (SSSR count). The SMILES string of the molecule is O=C(CCl)OC(Cn1cncn1)(Cn1cncn1)c1ccc(F)cc1F. The zero-order valence-corrected chi connectivity index (χ0v) is 14.1. The van der Waals surface area contributed by atoms with Gasteiger partial charge in [-0.2, -0.15) is 10.2 Å². The summed E-state index contributed by atoms with van der Waals surface area (Å²) in [6.45, 7) is -0.198. The smallest absolute Gasteiger partial charge is 0.321 e. The number of halogens is 3. The lowest BCUT2D eigenvalue weighted by molar-refractivity contribution is -0.162. The van der Waals surface area contributed by atoms with E-state index >= 15 is 0 Å². The van der Waals surface area contributed by atoms with E-state index in [9.17, 15) is 13.6 Å². The number of carbonyl (C=O) groups is 1.